The molecule has 0 N–H and O–H groups in total. The van der Waals surface area contributed by atoms with Gasteiger partial charge in [-0.3, -0.25) is 4.79 Å². The Labute approximate surface area is 230 Å². The monoisotopic (exact) mass is 516 g/mol. The van der Waals surface area contributed by atoms with Crippen molar-refractivity contribution in [2.75, 3.05) is 32.7 Å². The number of amides is 1. The Morgan fingerprint density at radius 2 is 1.61 bits per heavy atom. The van der Waals surface area contributed by atoms with Crippen molar-refractivity contribution in [2.24, 2.45) is 0 Å². The molecular formula is C33H48N4O. The van der Waals surface area contributed by atoms with Crippen LogP contribution in [0.3, 0.4) is 0 Å². The number of carbonyl (C=O) groups is 1. The first-order valence-electron chi connectivity index (χ1n) is 15.0. The molecule has 5 nitrogen and oxygen atoms in total. The fourth-order valence-electron chi connectivity index (χ4n) is 5.52. The van der Waals surface area contributed by atoms with Gasteiger partial charge in [0.05, 0.1) is 11.2 Å². The molecule has 1 saturated heterocycles. The van der Waals surface area contributed by atoms with Crippen LogP contribution in [0.2, 0.25) is 0 Å². The Balaban J connectivity index is 1.68. The van der Waals surface area contributed by atoms with Crippen LogP contribution in [0.15, 0.2) is 42.6 Å². The van der Waals surface area contributed by atoms with Crippen molar-refractivity contribution >= 4 is 11.4 Å². The minimum atomic E-state index is 0.118. The maximum Gasteiger partial charge on any atom is 0.253 e. The highest BCUT2D eigenvalue weighted by molar-refractivity contribution is 5.95. The van der Waals surface area contributed by atoms with Crippen molar-refractivity contribution in [1.82, 2.24) is 19.4 Å². The predicted octanol–water partition coefficient (Wildman–Crippen LogP) is 7.37. The molecule has 0 aliphatic carbocycles. The van der Waals surface area contributed by atoms with E-state index in [-0.39, 0.29) is 11.3 Å². The molecule has 1 aliphatic heterocycles. The second kappa shape index (κ2) is 12.9. The molecule has 4 rings (SSSR count). The van der Waals surface area contributed by atoms with Gasteiger partial charge in [-0.05, 0) is 81.3 Å². The van der Waals surface area contributed by atoms with E-state index in [1.165, 1.54) is 37.1 Å². The van der Waals surface area contributed by atoms with E-state index in [9.17, 15) is 4.79 Å². The summed E-state index contributed by atoms with van der Waals surface area (Å²) in [5, 5.41) is 5.05. The summed E-state index contributed by atoms with van der Waals surface area (Å²) >= 11 is 0. The molecule has 0 saturated carbocycles. The minimum Gasteiger partial charge on any atom is -0.339 e. The molecule has 206 valence electrons. The topological polar surface area (TPSA) is 40.9 Å². The lowest BCUT2D eigenvalue weighted by molar-refractivity contribution is 0.0751. The highest BCUT2D eigenvalue weighted by Crippen LogP contribution is 2.31. The zero-order valence-corrected chi connectivity index (χ0v) is 24.4. The lowest BCUT2D eigenvalue weighted by atomic mass is 9.86. The van der Waals surface area contributed by atoms with Crippen LogP contribution < -0.4 is 0 Å². The fourth-order valence-corrected chi connectivity index (χ4v) is 5.52. The van der Waals surface area contributed by atoms with Gasteiger partial charge < -0.3 is 9.80 Å². The average molecular weight is 517 g/mol. The van der Waals surface area contributed by atoms with E-state index in [1.54, 1.807) is 0 Å². The third-order valence-corrected chi connectivity index (χ3v) is 7.96. The summed E-state index contributed by atoms with van der Waals surface area (Å²) in [7, 11) is 0. The van der Waals surface area contributed by atoms with E-state index in [0.29, 0.717) is 0 Å². The highest BCUT2D eigenvalue weighted by atomic mass is 16.2. The van der Waals surface area contributed by atoms with Gasteiger partial charge in [0.15, 0.2) is 0 Å². The second-order valence-corrected chi connectivity index (χ2v) is 12.1. The summed E-state index contributed by atoms with van der Waals surface area (Å²) in [4.78, 5) is 18.2. The van der Waals surface area contributed by atoms with Gasteiger partial charge in [0.1, 0.15) is 0 Å². The highest BCUT2D eigenvalue weighted by Gasteiger charge is 2.21. The number of carbonyl (C=O) groups excluding carboxylic acids is 1. The Bertz CT molecular complexity index is 1170. The normalized spacial score (nSPS) is 14.4. The summed E-state index contributed by atoms with van der Waals surface area (Å²) in [6.45, 7) is 16.3. The molecule has 5 heteroatoms. The summed E-state index contributed by atoms with van der Waals surface area (Å²) in [5.41, 5.74) is 6.75. The van der Waals surface area contributed by atoms with E-state index in [2.05, 4.69) is 69.9 Å². The summed E-state index contributed by atoms with van der Waals surface area (Å²) in [5.74, 6) is 0.148. The number of hydrogen-bond acceptors (Lipinski definition) is 3. The lowest BCUT2D eigenvalue weighted by Gasteiger charge is -2.22. The predicted molar refractivity (Wildman–Crippen MR) is 159 cm³/mol. The average Bonchev–Trinajstić information content (AvgIpc) is 3.56. The summed E-state index contributed by atoms with van der Waals surface area (Å²) in [6.07, 6.45) is 11.0. The first kappa shape index (κ1) is 28.4. The van der Waals surface area contributed by atoms with Crippen molar-refractivity contribution in [3.05, 3.63) is 59.3 Å². The maximum atomic E-state index is 13.6. The molecule has 0 unspecified atom stereocenters. The van der Waals surface area contributed by atoms with Crippen LogP contribution in [0.4, 0.5) is 0 Å². The van der Waals surface area contributed by atoms with Gasteiger partial charge in [-0.1, -0.05) is 71.7 Å². The fraction of sp³-hybridized carbons (Fsp3) is 0.576. The molecule has 1 aliphatic rings. The van der Waals surface area contributed by atoms with E-state index in [4.69, 9.17) is 5.10 Å². The van der Waals surface area contributed by atoms with E-state index in [1.807, 2.05) is 21.7 Å². The minimum absolute atomic E-state index is 0.118. The first-order valence-corrected chi connectivity index (χ1v) is 15.0. The Morgan fingerprint density at radius 1 is 0.947 bits per heavy atom. The molecule has 2 aromatic heterocycles. The number of rotatable bonds is 12. The number of nitrogens with zero attached hydrogens (tertiary/aromatic N) is 4. The van der Waals surface area contributed by atoms with E-state index < -0.39 is 0 Å². The molecule has 0 spiro atoms. The van der Waals surface area contributed by atoms with Crippen molar-refractivity contribution in [2.45, 2.75) is 91.4 Å². The number of likely N-dealkylation sites (tertiary alicyclic amines) is 1. The number of unbranched alkanes of at least 4 members (excludes halogenated alkanes) is 2. The molecule has 0 bridgehead atoms. The van der Waals surface area contributed by atoms with E-state index >= 15 is 0 Å². The number of aryl methyl sites for hydroxylation is 1. The van der Waals surface area contributed by atoms with Gasteiger partial charge in [0.25, 0.3) is 5.91 Å². The van der Waals surface area contributed by atoms with E-state index in [0.717, 1.165) is 80.5 Å². The number of aromatic nitrogens is 2. The SMILES string of the molecule is CCCCN(CCCC)C(=O)c1ccn2nc(-c3ccc(C(C)(C)C)cc3)c(CCCN3CCCC3)c2c1. The number of pyridine rings is 1. The third-order valence-electron chi connectivity index (χ3n) is 7.96. The first-order chi connectivity index (χ1) is 18.3. The molecule has 1 aromatic carbocycles. The van der Waals surface area contributed by atoms with Gasteiger partial charge in [-0.2, -0.15) is 5.10 Å². The molecule has 0 atom stereocenters. The molecule has 3 heterocycles. The Morgan fingerprint density at radius 3 is 2.21 bits per heavy atom. The Kier molecular flexibility index (Phi) is 9.64. The maximum absolute atomic E-state index is 13.6. The lowest BCUT2D eigenvalue weighted by Crippen LogP contribution is -2.33. The van der Waals surface area contributed by atoms with Gasteiger partial charge in [-0.15, -0.1) is 0 Å². The largest absolute Gasteiger partial charge is 0.339 e. The zero-order chi connectivity index (χ0) is 27.1. The van der Waals surface area contributed by atoms with Gasteiger partial charge in [0.2, 0.25) is 0 Å². The molecule has 1 amide bonds. The van der Waals surface area contributed by atoms with Crippen LogP contribution in [0.5, 0.6) is 0 Å². The molecule has 3 aromatic rings. The number of benzene rings is 1. The van der Waals surface area contributed by atoms with Gasteiger partial charge in [-0.25, -0.2) is 4.52 Å². The molecular weight excluding hydrogens is 468 g/mol. The molecule has 1 fully saturated rings. The van der Waals surface area contributed by atoms with Crippen LogP contribution in [0.1, 0.15) is 101 Å². The van der Waals surface area contributed by atoms with Crippen molar-refractivity contribution < 1.29 is 4.79 Å². The van der Waals surface area contributed by atoms with Crippen molar-refractivity contribution in [1.29, 1.82) is 0 Å². The van der Waals surface area contributed by atoms with Crippen LogP contribution in [-0.4, -0.2) is 58.0 Å². The van der Waals surface area contributed by atoms with Crippen LogP contribution in [0, 0.1) is 0 Å². The quantitative estimate of drug-likeness (QED) is 0.252. The van der Waals surface area contributed by atoms with Crippen molar-refractivity contribution in [3.8, 4) is 11.3 Å². The zero-order valence-electron chi connectivity index (χ0n) is 24.4. The Hall–Kier alpha value is -2.66. The second-order valence-electron chi connectivity index (χ2n) is 12.1. The van der Waals surface area contributed by atoms with Crippen LogP contribution >= 0.6 is 0 Å². The van der Waals surface area contributed by atoms with Gasteiger partial charge in [0, 0.05) is 36.0 Å². The van der Waals surface area contributed by atoms with Crippen molar-refractivity contribution in [3.63, 3.8) is 0 Å². The summed E-state index contributed by atoms with van der Waals surface area (Å²) < 4.78 is 1.98. The van der Waals surface area contributed by atoms with Crippen LogP contribution in [0.25, 0.3) is 16.8 Å². The number of hydrogen-bond donors (Lipinski definition) is 0. The van der Waals surface area contributed by atoms with Gasteiger partial charge >= 0.3 is 0 Å². The third kappa shape index (κ3) is 6.85. The molecule has 38 heavy (non-hydrogen) atoms. The number of fused-ring (bicyclic) bond motifs is 1. The summed E-state index contributed by atoms with van der Waals surface area (Å²) in [6, 6.07) is 13.0. The molecule has 0 radical (unpaired) electrons. The van der Waals surface area contributed by atoms with Crippen LogP contribution in [-0.2, 0) is 11.8 Å². The standard InChI is InChI=1S/C33H48N4O/c1-6-8-22-36(23-9-7-2)32(38)27-18-24-37-30(25-27)29(13-12-21-35-19-10-11-20-35)31(34-37)26-14-16-28(17-15-26)33(3,4)5/h14-18,24-25H,6-13,19-23H2,1-5H3. The smallest absolute Gasteiger partial charge is 0.253 e.